The monoisotopic (exact) mass is 460 g/mol. The van der Waals surface area contributed by atoms with E-state index in [2.05, 4.69) is 14.8 Å². The molecule has 3 heterocycles. The number of piperazine rings is 1. The first-order chi connectivity index (χ1) is 15.4. The van der Waals surface area contributed by atoms with Crippen molar-refractivity contribution in [3.63, 3.8) is 0 Å². The number of piperidine rings is 1. The van der Waals surface area contributed by atoms with Crippen LogP contribution in [0.3, 0.4) is 0 Å². The van der Waals surface area contributed by atoms with Crippen LogP contribution >= 0.6 is 0 Å². The van der Waals surface area contributed by atoms with Crippen LogP contribution in [0.25, 0.3) is 0 Å². The molecule has 0 radical (unpaired) electrons. The van der Waals surface area contributed by atoms with Gasteiger partial charge in [-0.25, -0.2) is 13.4 Å². The molecule has 1 amide bonds. The summed E-state index contributed by atoms with van der Waals surface area (Å²) in [6.45, 7) is 3.56. The van der Waals surface area contributed by atoms with E-state index >= 15 is 0 Å². The number of benzene rings is 1. The SMILES string of the molecule is COc1ccc(S(=O)(=O)N2CCN(c3ccnc(N4CCCCC4)n3)CC2)cc1C(N)=O. The number of methoxy groups -OCH3 is 1. The molecule has 0 aliphatic carbocycles. The van der Waals surface area contributed by atoms with Crippen molar-refractivity contribution >= 4 is 27.7 Å². The summed E-state index contributed by atoms with van der Waals surface area (Å²) in [6.07, 6.45) is 5.29. The van der Waals surface area contributed by atoms with Gasteiger partial charge in [-0.05, 0) is 43.5 Å². The zero-order valence-electron chi connectivity index (χ0n) is 18.1. The highest BCUT2D eigenvalue weighted by Gasteiger charge is 2.30. The summed E-state index contributed by atoms with van der Waals surface area (Å²) in [5.74, 6) is 1.04. The van der Waals surface area contributed by atoms with Gasteiger partial charge < -0.3 is 20.3 Å². The molecule has 0 unspecified atom stereocenters. The maximum Gasteiger partial charge on any atom is 0.252 e. The van der Waals surface area contributed by atoms with E-state index in [1.807, 2.05) is 6.07 Å². The van der Waals surface area contributed by atoms with Crippen LogP contribution in [-0.2, 0) is 10.0 Å². The third-order valence-electron chi connectivity index (χ3n) is 5.90. The van der Waals surface area contributed by atoms with Crippen LogP contribution < -0.4 is 20.3 Å². The largest absolute Gasteiger partial charge is 0.496 e. The Balaban J connectivity index is 1.47. The first-order valence-corrected chi connectivity index (χ1v) is 12.1. The van der Waals surface area contributed by atoms with E-state index in [-0.39, 0.29) is 16.2 Å². The standard InChI is InChI=1S/C21H28N6O4S/c1-31-18-6-5-16(15-17(18)20(22)28)32(29,30)27-13-11-25(12-14-27)19-7-8-23-21(24-19)26-9-3-2-4-10-26/h5-8,15H,2-4,9-14H2,1H3,(H2,22,28). The highest BCUT2D eigenvalue weighted by molar-refractivity contribution is 7.89. The highest BCUT2D eigenvalue weighted by atomic mass is 32.2. The number of primary amides is 1. The molecule has 4 rings (SSSR count). The van der Waals surface area contributed by atoms with Gasteiger partial charge in [0.2, 0.25) is 16.0 Å². The molecule has 0 atom stereocenters. The van der Waals surface area contributed by atoms with Crippen molar-refractivity contribution in [2.24, 2.45) is 5.73 Å². The van der Waals surface area contributed by atoms with E-state index in [1.54, 1.807) is 6.20 Å². The van der Waals surface area contributed by atoms with E-state index in [1.165, 1.54) is 36.0 Å². The maximum atomic E-state index is 13.1. The predicted octanol–water partition coefficient (Wildman–Crippen LogP) is 1.09. The van der Waals surface area contributed by atoms with Gasteiger partial charge in [-0.1, -0.05) is 0 Å². The Morgan fingerprint density at radius 2 is 1.72 bits per heavy atom. The normalized spacial score (nSPS) is 17.9. The quantitative estimate of drug-likeness (QED) is 0.680. The molecule has 0 saturated carbocycles. The van der Waals surface area contributed by atoms with Crippen LogP contribution in [0.2, 0.25) is 0 Å². The van der Waals surface area contributed by atoms with Crippen molar-refractivity contribution in [3.05, 3.63) is 36.0 Å². The fourth-order valence-electron chi connectivity index (χ4n) is 4.11. The average Bonchev–Trinajstić information content (AvgIpc) is 2.84. The number of sulfonamides is 1. The molecular formula is C21H28N6O4S. The Hall–Kier alpha value is -2.92. The summed E-state index contributed by atoms with van der Waals surface area (Å²) >= 11 is 0. The minimum absolute atomic E-state index is 0.0231. The second kappa shape index (κ2) is 9.29. The zero-order chi connectivity index (χ0) is 22.7. The molecule has 32 heavy (non-hydrogen) atoms. The minimum Gasteiger partial charge on any atom is -0.496 e. The Labute approximate surface area is 188 Å². The van der Waals surface area contributed by atoms with Crippen molar-refractivity contribution in [2.45, 2.75) is 24.2 Å². The van der Waals surface area contributed by atoms with Gasteiger partial charge in [-0.2, -0.15) is 9.29 Å². The van der Waals surface area contributed by atoms with Gasteiger partial charge in [-0.3, -0.25) is 4.79 Å². The van der Waals surface area contributed by atoms with Crippen molar-refractivity contribution < 1.29 is 17.9 Å². The summed E-state index contributed by atoms with van der Waals surface area (Å²) < 4.78 is 32.8. The van der Waals surface area contributed by atoms with Gasteiger partial charge >= 0.3 is 0 Å². The van der Waals surface area contributed by atoms with Gasteiger partial charge in [0, 0.05) is 45.5 Å². The number of anilines is 2. The van der Waals surface area contributed by atoms with E-state index in [4.69, 9.17) is 15.5 Å². The molecule has 2 aliphatic rings. The van der Waals surface area contributed by atoms with Gasteiger partial charge in [0.1, 0.15) is 11.6 Å². The molecule has 2 aliphatic heterocycles. The Morgan fingerprint density at radius 3 is 2.38 bits per heavy atom. The Kier molecular flexibility index (Phi) is 6.47. The lowest BCUT2D eigenvalue weighted by Crippen LogP contribution is -2.49. The summed E-state index contributed by atoms with van der Waals surface area (Å²) in [5, 5.41) is 0. The fourth-order valence-corrected chi connectivity index (χ4v) is 5.56. The second-order valence-electron chi connectivity index (χ2n) is 7.88. The molecule has 172 valence electrons. The molecule has 0 bridgehead atoms. The summed E-state index contributed by atoms with van der Waals surface area (Å²) in [7, 11) is -2.37. The number of hydrogen-bond donors (Lipinski definition) is 1. The van der Waals surface area contributed by atoms with Crippen LogP contribution in [0.4, 0.5) is 11.8 Å². The molecule has 1 aromatic carbocycles. The van der Waals surface area contributed by atoms with Gasteiger partial charge in [0.25, 0.3) is 5.91 Å². The number of nitrogens with two attached hydrogens (primary N) is 1. The number of hydrogen-bond acceptors (Lipinski definition) is 8. The molecule has 1 aromatic heterocycles. The molecular weight excluding hydrogens is 432 g/mol. The minimum atomic E-state index is -3.77. The smallest absolute Gasteiger partial charge is 0.252 e. The molecule has 2 aromatic rings. The van der Waals surface area contributed by atoms with Crippen LogP contribution in [0.5, 0.6) is 5.75 Å². The van der Waals surface area contributed by atoms with Crippen molar-refractivity contribution in [3.8, 4) is 5.75 Å². The molecule has 2 saturated heterocycles. The number of carbonyl (C=O) groups excluding carboxylic acids is 1. The Morgan fingerprint density at radius 1 is 1.00 bits per heavy atom. The topological polar surface area (TPSA) is 122 Å². The first-order valence-electron chi connectivity index (χ1n) is 10.7. The lowest BCUT2D eigenvalue weighted by atomic mass is 10.1. The van der Waals surface area contributed by atoms with Crippen LogP contribution in [0.15, 0.2) is 35.4 Å². The van der Waals surface area contributed by atoms with E-state index in [0.29, 0.717) is 26.2 Å². The van der Waals surface area contributed by atoms with Crippen molar-refractivity contribution in [1.82, 2.24) is 14.3 Å². The number of nitrogens with zero attached hydrogens (tertiary/aromatic N) is 5. The van der Waals surface area contributed by atoms with E-state index in [0.717, 1.165) is 37.7 Å². The maximum absolute atomic E-state index is 13.1. The lowest BCUT2D eigenvalue weighted by Gasteiger charge is -2.35. The van der Waals surface area contributed by atoms with Crippen molar-refractivity contribution in [1.29, 1.82) is 0 Å². The summed E-state index contributed by atoms with van der Waals surface area (Å²) in [4.78, 5) is 25.1. The predicted molar refractivity (Wildman–Crippen MR) is 121 cm³/mol. The number of ether oxygens (including phenoxy) is 1. The highest BCUT2D eigenvalue weighted by Crippen LogP contribution is 2.26. The molecule has 0 spiro atoms. The number of aromatic nitrogens is 2. The van der Waals surface area contributed by atoms with E-state index < -0.39 is 15.9 Å². The van der Waals surface area contributed by atoms with Gasteiger partial charge in [0.05, 0.1) is 17.6 Å². The van der Waals surface area contributed by atoms with Crippen LogP contribution in [0, 0.1) is 0 Å². The molecule has 11 heteroatoms. The van der Waals surface area contributed by atoms with Crippen LogP contribution in [0.1, 0.15) is 29.6 Å². The summed E-state index contributed by atoms with van der Waals surface area (Å²) in [6, 6.07) is 6.02. The number of rotatable bonds is 6. The van der Waals surface area contributed by atoms with Crippen LogP contribution in [-0.4, -0.2) is 75.0 Å². The fraction of sp³-hybridized carbons (Fsp3) is 0.476. The zero-order valence-corrected chi connectivity index (χ0v) is 18.9. The number of amides is 1. The van der Waals surface area contributed by atoms with Gasteiger partial charge in [0.15, 0.2) is 0 Å². The Bertz CT molecular complexity index is 1080. The van der Waals surface area contributed by atoms with Gasteiger partial charge in [-0.15, -0.1) is 0 Å². The average molecular weight is 461 g/mol. The summed E-state index contributed by atoms with van der Waals surface area (Å²) in [5.41, 5.74) is 5.42. The second-order valence-corrected chi connectivity index (χ2v) is 9.82. The first kappa shape index (κ1) is 22.3. The molecule has 10 nitrogen and oxygen atoms in total. The van der Waals surface area contributed by atoms with Crippen molar-refractivity contribution in [2.75, 3.05) is 56.2 Å². The molecule has 2 N–H and O–H groups in total. The molecule has 2 fully saturated rings. The third kappa shape index (κ3) is 4.49. The lowest BCUT2D eigenvalue weighted by molar-refractivity contribution is 0.0997. The third-order valence-corrected chi connectivity index (χ3v) is 7.80. The number of carbonyl (C=O) groups is 1. The van der Waals surface area contributed by atoms with E-state index in [9.17, 15) is 13.2 Å².